The van der Waals surface area contributed by atoms with Crippen LogP contribution in [0.2, 0.25) is 5.28 Å². The second kappa shape index (κ2) is 3.97. The van der Waals surface area contributed by atoms with Gasteiger partial charge in [-0.1, -0.05) is 13.3 Å². The Hall–Kier alpha value is -0.830. The second-order valence-electron chi connectivity index (χ2n) is 4.69. The third-order valence-electron chi connectivity index (χ3n) is 3.19. The maximum absolute atomic E-state index is 5.75. The zero-order chi connectivity index (χ0) is 10.9. The average molecular weight is 226 g/mol. The van der Waals surface area contributed by atoms with Crippen molar-refractivity contribution >= 4 is 17.4 Å². The zero-order valence-corrected chi connectivity index (χ0v) is 9.93. The van der Waals surface area contributed by atoms with E-state index in [9.17, 15) is 0 Å². The predicted octanol–water partition coefficient (Wildman–Crippen LogP) is 3.04. The van der Waals surface area contributed by atoms with Crippen LogP contribution >= 0.6 is 11.6 Å². The number of hydrogen-bond acceptors (Lipinski definition) is 3. The first kappa shape index (κ1) is 10.7. The largest absolute Gasteiger partial charge is 0.369 e. The number of nitrogens with one attached hydrogen (secondary N) is 1. The molecule has 0 spiro atoms. The minimum atomic E-state index is 0.307. The summed E-state index contributed by atoms with van der Waals surface area (Å²) in [6.07, 6.45) is 5.71. The smallest absolute Gasteiger partial charge is 0.224 e. The molecule has 0 unspecified atom stereocenters. The topological polar surface area (TPSA) is 37.8 Å². The third-order valence-corrected chi connectivity index (χ3v) is 3.37. The molecule has 0 aromatic carbocycles. The molecular formula is C11H16ClN3. The first-order chi connectivity index (χ1) is 7.09. The number of hydrogen-bond donors (Lipinski definition) is 1. The van der Waals surface area contributed by atoms with Crippen LogP contribution < -0.4 is 5.32 Å². The van der Waals surface area contributed by atoms with Crippen molar-refractivity contribution in [3.8, 4) is 0 Å². The fourth-order valence-corrected chi connectivity index (χ4v) is 1.99. The highest BCUT2D eigenvalue weighted by atomic mass is 35.5. The third kappa shape index (κ3) is 2.40. The van der Waals surface area contributed by atoms with Crippen LogP contribution in [0.5, 0.6) is 0 Å². The normalized spacial score (nSPS) is 18.3. The van der Waals surface area contributed by atoms with Gasteiger partial charge in [-0.25, -0.2) is 9.97 Å². The molecule has 3 nitrogen and oxygen atoms in total. The second-order valence-corrected chi connectivity index (χ2v) is 5.03. The number of anilines is 1. The van der Waals surface area contributed by atoms with E-state index < -0.39 is 0 Å². The highest BCUT2D eigenvalue weighted by molar-refractivity contribution is 6.28. The number of halogens is 1. The summed E-state index contributed by atoms with van der Waals surface area (Å²) in [5, 5.41) is 3.67. The molecule has 1 saturated carbocycles. The summed E-state index contributed by atoms with van der Waals surface area (Å²) in [5.41, 5.74) is 1.49. The monoisotopic (exact) mass is 225 g/mol. The van der Waals surface area contributed by atoms with E-state index in [0.717, 1.165) is 17.9 Å². The van der Waals surface area contributed by atoms with Crippen LogP contribution in [0.3, 0.4) is 0 Å². The average Bonchev–Trinajstić information content (AvgIpc) is 2.17. The molecule has 0 radical (unpaired) electrons. The Labute approximate surface area is 95.3 Å². The van der Waals surface area contributed by atoms with Crippen molar-refractivity contribution < 1.29 is 0 Å². The van der Waals surface area contributed by atoms with Gasteiger partial charge in [-0.05, 0) is 36.8 Å². The quantitative estimate of drug-likeness (QED) is 0.804. The Balaban J connectivity index is 2.01. The van der Waals surface area contributed by atoms with Crippen LogP contribution in [-0.2, 0) is 0 Å². The van der Waals surface area contributed by atoms with Crippen LogP contribution in [0, 0.1) is 12.3 Å². The first-order valence-electron chi connectivity index (χ1n) is 5.32. The molecule has 1 aromatic rings. The Morgan fingerprint density at radius 3 is 2.87 bits per heavy atom. The zero-order valence-electron chi connectivity index (χ0n) is 9.18. The molecule has 82 valence electrons. The van der Waals surface area contributed by atoms with Gasteiger partial charge in [0, 0.05) is 18.3 Å². The summed E-state index contributed by atoms with van der Waals surface area (Å²) in [5.74, 6) is 0.864. The minimum Gasteiger partial charge on any atom is -0.369 e. The summed E-state index contributed by atoms with van der Waals surface area (Å²) >= 11 is 5.75. The van der Waals surface area contributed by atoms with E-state index in [0.29, 0.717) is 10.7 Å². The molecule has 0 atom stereocenters. The summed E-state index contributed by atoms with van der Waals surface area (Å²) in [4.78, 5) is 8.11. The first-order valence-corrected chi connectivity index (χ1v) is 5.70. The van der Waals surface area contributed by atoms with E-state index in [4.69, 9.17) is 11.6 Å². The lowest BCUT2D eigenvalue weighted by molar-refractivity contribution is 0.180. The summed E-state index contributed by atoms with van der Waals surface area (Å²) < 4.78 is 0. The van der Waals surface area contributed by atoms with E-state index in [-0.39, 0.29) is 0 Å². The van der Waals surface area contributed by atoms with Crippen LogP contribution in [0.25, 0.3) is 0 Å². The number of aryl methyl sites for hydroxylation is 1. The Bertz CT molecular complexity index is 361. The number of nitrogens with zero attached hydrogens (tertiary/aromatic N) is 2. The number of rotatable bonds is 3. The van der Waals surface area contributed by atoms with Gasteiger partial charge in [0.15, 0.2) is 0 Å². The highest BCUT2D eigenvalue weighted by Crippen LogP contribution is 2.40. The van der Waals surface area contributed by atoms with E-state index in [1.165, 1.54) is 19.3 Å². The van der Waals surface area contributed by atoms with Crippen molar-refractivity contribution in [2.75, 3.05) is 11.9 Å². The molecule has 1 heterocycles. The molecule has 15 heavy (non-hydrogen) atoms. The molecule has 4 heteroatoms. The van der Waals surface area contributed by atoms with Gasteiger partial charge >= 0.3 is 0 Å². The SMILES string of the molecule is Cc1cnc(Cl)nc1NCC1(C)CCC1. The molecule has 0 bridgehead atoms. The molecule has 1 aliphatic rings. The van der Waals surface area contributed by atoms with Crippen molar-refractivity contribution in [2.24, 2.45) is 5.41 Å². The van der Waals surface area contributed by atoms with Gasteiger partial charge in [-0.3, -0.25) is 0 Å². The summed E-state index contributed by atoms with van der Waals surface area (Å²) in [7, 11) is 0. The molecule has 2 rings (SSSR count). The molecular weight excluding hydrogens is 210 g/mol. The van der Waals surface area contributed by atoms with Crippen molar-refractivity contribution in [2.45, 2.75) is 33.1 Å². The van der Waals surface area contributed by atoms with Crippen molar-refractivity contribution in [1.29, 1.82) is 0 Å². The highest BCUT2D eigenvalue weighted by Gasteiger charge is 2.31. The lowest BCUT2D eigenvalue weighted by Gasteiger charge is -2.38. The molecule has 0 aliphatic heterocycles. The fourth-order valence-electron chi connectivity index (χ4n) is 1.85. The van der Waals surface area contributed by atoms with Crippen LogP contribution in [-0.4, -0.2) is 16.5 Å². The van der Waals surface area contributed by atoms with Crippen LogP contribution in [0.1, 0.15) is 31.7 Å². The van der Waals surface area contributed by atoms with Crippen molar-refractivity contribution in [3.05, 3.63) is 17.0 Å². The van der Waals surface area contributed by atoms with E-state index in [2.05, 4.69) is 22.2 Å². The molecule has 0 saturated heterocycles. The molecule has 1 fully saturated rings. The number of aromatic nitrogens is 2. The Morgan fingerprint density at radius 2 is 2.27 bits per heavy atom. The van der Waals surface area contributed by atoms with Crippen molar-refractivity contribution in [1.82, 2.24) is 9.97 Å². The van der Waals surface area contributed by atoms with Gasteiger partial charge in [0.25, 0.3) is 0 Å². The predicted molar refractivity (Wildman–Crippen MR) is 62.2 cm³/mol. The minimum absolute atomic E-state index is 0.307. The van der Waals surface area contributed by atoms with E-state index >= 15 is 0 Å². The lowest BCUT2D eigenvalue weighted by Crippen LogP contribution is -2.33. The van der Waals surface area contributed by atoms with Gasteiger partial charge in [0.1, 0.15) is 5.82 Å². The molecule has 1 aliphatic carbocycles. The Kier molecular flexibility index (Phi) is 2.83. The molecule has 0 amide bonds. The maximum atomic E-state index is 5.75. The van der Waals surface area contributed by atoms with Crippen molar-refractivity contribution in [3.63, 3.8) is 0 Å². The van der Waals surface area contributed by atoms with Gasteiger partial charge < -0.3 is 5.32 Å². The molecule has 1 aromatic heterocycles. The van der Waals surface area contributed by atoms with Gasteiger partial charge in [-0.2, -0.15) is 0 Å². The fraction of sp³-hybridized carbons (Fsp3) is 0.636. The van der Waals surface area contributed by atoms with Crippen LogP contribution in [0.4, 0.5) is 5.82 Å². The standard InChI is InChI=1S/C11H16ClN3/c1-8-6-13-10(12)15-9(8)14-7-11(2)4-3-5-11/h6H,3-5,7H2,1-2H3,(H,13,14,15). The summed E-state index contributed by atoms with van der Waals surface area (Å²) in [6.45, 7) is 5.27. The van der Waals surface area contributed by atoms with E-state index in [1.54, 1.807) is 6.20 Å². The Morgan fingerprint density at radius 1 is 1.53 bits per heavy atom. The maximum Gasteiger partial charge on any atom is 0.224 e. The van der Waals surface area contributed by atoms with Gasteiger partial charge in [0.2, 0.25) is 5.28 Å². The van der Waals surface area contributed by atoms with Gasteiger partial charge in [-0.15, -0.1) is 0 Å². The van der Waals surface area contributed by atoms with Gasteiger partial charge in [0.05, 0.1) is 0 Å². The summed E-state index contributed by atoms with van der Waals surface area (Å²) in [6, 6.07) is 0. The molecule has 1 N–H and O–H groups in total. The van der Waals surface area contributed by atoms with E-state index in [1.807, 2.05) is 6.92 Å². The van der Waals surface area contributed by atoms with Crippen LogP contribution in [0.15, 0.2) is 6.20 Å². The lowest BCUT2D eigenvalue weighted by atomic mass is 9.70.